The van der Waals surface area contributed by atoms with E-state index in [0.29, 0.717) is 30.9 Å². The van der Waals surface area contributed by atoms with Crippen molar-refractivity contribution < 1.29 is 9.47 Å². The molecule has 112 valence electrons. The molecule has 5 heteroatoms. The van der Waals surface area contributed by atoms with Gasteiger partial charge in [0.05, 0.1) is 24.2 Å². The van der Waals surface area contributed by atoms with Gasteiger partial charge in [-0.15, -0.1) is 0 Å². The Labute approximate surface area is 124 Å². The van der Waals surface area contributed by atoms with Gasteiger partial charge in [0.15, 0.2) is 0 Å². The lowest BCUT2D eigenvalue weighted by atomic mass is 9.99. The van der Waals surface area contributed by atoms with E-state index in [1.807, 2.05) is 31.2 Å². The average Bonchev–Trinajstić information content (AvgIpc) is 2.54. The Balaban J connectivity index is 1.79. The molecule has 0 atom stereocenters. The fourth-order valence-corrected chi connectivity index (χ4v) is 2.54. The number of benzene rings is 1. The Hall–Kier alpha value is -1.88. The predicted molar refractivity (Wildman–Crippen MR) is 81.8 cm³/mol. The summed E-state index contributed by atoms with van der Waals surface area (Å²) in [7, 11) is 0. The third kappa shape index (κ3) is 3.42. The molecule has 2 heterocycles. The Kier molecular flexibility index (Phi) is 4.50. The molecular formula is C16H21N3O2. The van der Waals surface area contributed by atoms with E-state index in [1.165, 1.54) is 0 Å². The van der Waals surface area contributed by atoms with Gasteiger partial charge in [0.2, 0.25) is 0 Å². The first-order valence-electron chi connectivity index (χ1n) is 7.60. The summed E-state index contributed by atoms with van der Waals surface area (Å²) in [5.74, 6) is 1.58. The number of hydrogen-bond acceptors (Lipinski definition) is 5. The summed E-state index contributed by atoms with van der Waals surface area (Å²) in [6.07, 6.45) is 2.29. The molecule has 2 aromatic rings. The monoisotopic (exact) mass is 287 g/mol. The Morgan fingerprint density at radius 1 is 1.05 bits per heavy atom. The Morgan fingerprint density at radius 3 is 2.29 bits per heavy atom. The van der Waals surface area contributed by atoms with Crippen LogP contribution in [0.5, 0.6) is 11.8 Å². The lowest BCUT2D eigenvalue weighted by Crippen LogP contribution is -2.30. The van der Waals surface area contributed by atoms with Gasteiger partial charge < -0.3 is 14.8 Å². The highest BCUT2D eigenvalue weighted by Gasteiger charge is 2.17. The van der Waals surface area contributed by atoms with E-state index in [4.69, 9.17) is 9.47 Å². The van der Waals surface area contributed by atoms with Gasteiger partial charge in [-0.3, -0.25) is 0 Å². The van der Waals surface area contributed by atoms with E-state index in [-0.39, 0.29) is 0 Å². The molecule has 0 amide bonds. The smallest absolute Gasteiger partial charge is 0.278 e. The number of fused-ring (bicyclic) bond motifs is 1. The van der Waals surface area contributed by atoms with Gasteiger partial charge in [-0.25, -0.2) is 9.97 Å². The minimum absolute atomic E-state index is 0.491. The van der Waals surface area contributed by atoms with Crippen molar-refractivity contribution in [2.24, 2.45) is 5.92 Å². The number of nitrogens with zero attached hydrogens (tertiary/aromatic N) is 2. The van der Waals surface area contributed by atoms with Crippen molar-refractivity contribution in [2.75, 3.05) is 26.3 Å². The molecule has 1 aliphatic rings. The minimum Gasteiger partial charge on any atom is -0.474 e. The van der Waals surface area contributed by atoms with Crippen molar-refractivity contribution in [1.29, 1.82) is 0 Å². The van der Waals surface area contributed by atoms with E-state index < -0.39 is 0 Å². The van der Waals surface area contributed by atoms with Crippen LogP contribution in [0.1, 0.15) is 19.8 Å². The second-order valence-electron chi connectivity index (χ2n) is 5.26. The normalized spacial score (nSPS) is 16.0. The predicted octanol–water partition coefficient (Wildman–Crippen LogP) is 2.41. The van der Waals surface area contributed by atoms with Crippen LogP contribution >= 0.6 is 0 Å². The van der Waals surface area contributed by atoms with E-state index in [1.54, 1.807) is 0 Å². The Morgan fingerprint density at radius 2 is 1.67 bits per heavy atom. The second kappa shape index (κ2) is 6.72. The molecule has 1 fully saturated rings. The molecular weight excluding hydrogens is 266 g/mol. The molecule has 21 heavy (non-hydrogen) atoms. The maximum absolute atomic E-state index is 5.91. The molecule has 0 unspecified atom stereocenters. The van der Waals surface area contributed by atoms with Gasteiger partial charge in [0.25, 0.3) is 11.8 Å². The molecule has 5 nitrogen and oxygen atoms in total. The van der Waals surface area contributed by atoms with Crippen molar-refractivity contribution in [1.82, 2.24) is 15.3 Å². The first-order valence-corrected chi connectivity index (χ1v) is 7.60. The molecule has 1 aliphatic heterocycles. The number of ether oxygens (including phenoxy) is 2. The van der Waals surface area contributed by atoms with Crippen molar-refractivity contribution in [3.63, 3.8) is 0 Å². The third-order valence-electron chi connectivity index (χ3n) is 3.70. The zero-order valence-electron chi connectivity index (χ0n) is 12.3. The highest BCUT2D eigenvalue weighted by molar-refractivity contribution is 5.75. The van der Waals surface area contributed by atoms with Crippen molar-refractivity contribution in [3.8, 4) is 11.8 Å². The van der Waals surface area contributed by atoms with Crippen molar-refractivity contribution in [2.45, 2.75) is 19.8 Å². The van der Waals surface area contributed by atoms with E-state index in [2.05, 4.69) is 15.3 Å². The fraction of sp³-hybridized carbons (Fsp3) is 0.500. The zero-order valence-corrected chi connectivity index (χ0v) is 12.3. The van der Waals surface area contributed by atoms with Crippen molar-refractivity contribution in [3.05, 3.63) is 24.3 Å². The molecule has 1 aromatic carbocycles. The van der Waals surface area contributed by atoms with E-state index >= 15 is 0 Å². The number of rotatable bonds is 5. The molecule has 1 saturated heterocycles. The van der Waals surface area contributed by atoms with Crippen LogP contribution in [0, 0.1) is 5.92 Å². The van der Waals surface area contributed by atoms with Crippen LogP contribution in [-0.4, -0.2) is 36.3 Å². The van der Waals surface area contributed by atoms with Crippen LogP contribution in [-0.2, 0) is 0 Å². The third-order valence-corrected chi connectivity index (χ3v) is 3.70. The van der Waals surface area contributed by atoms with Crippen LogP contribution in [0.15, 0.2) is 24.3 Å². The molecule has 1 N–H and O–H groups in total. The van der Waals surface area contributed by atoms with Crippen LogP contribution < -0.4 is 14.8 Å². The first-order chi connectivity index (χ1) is 10.4. The molecule has 0 saturated carbocycles. The molecule has 1 aromatic heterocycles. The van der Waals surface area contributed by atoms with Crippen LogP contribution in [0.4, 0.5) is 0 Å². The largest absolute Gasteiger partial charge is 0.474 e. The van der Waals surface area contributed by atoms with Gasteiger partial charge >= 0.3 is 0 Å². The summed E-state index contributed by atoms with van der Waals surface area (Å²) < 4.78 is 11.5. The number of piperidine rings is 1. The summed E-state index contributed by atoms with van der Waals surface area (Å²) in [4.78, 5) is 9.06. The molecule has 0 radical (unpaired) electrons. The summed E-state index contributed by atoms with van der Waals surface area (Å²) in [6, 6.07) is 7.77. The standard InChI is InChI=1S/C16H21N3O2/c1-2-20-15-16(21-11-12-7-9-17-10-8-12)19-14-6-4-3-5-13(14)18-15/h3-6,12,17H,2,7-11H2,1H3. The number of hydrogen-bond donors (Lipinski definition) is 1. The van der Waals surface area contributed by atoms with Crippen LogP contribution in [0.25, 0.3) is 11.0 Å². The number of nitrogens with one attached hydrogen (secondary N) is 1. The lowest BCUT2D eigenvalue weighted by molar-refractivity contribution is 0.196. The van der Waals surface area contributed by atoms with Gasteiger partial charge in [-0.05, 0) is 50.9 Å². The lowest BCUT2D eigenvalue weighted by Gasteiger charge is -2.22. The molecule has 3 rings (SSSR count). The van der Waals surface area contributed by atoms with Crippen LogP contribution in [0.2, 0.25) is 0 Å². The topological polar surface area (TPSA) is 56.3 Å². The SMILES string of the molecule is CCOc1nc2ccccc2nc1OCC1CCNCC1. The van der Waals surface area contributed by atoms with Crippen LogP contribution in [0.3, 0.4) is 0 Å². The van der Waals surface area contributed by atoms with Gasteiger partial charge in [0.1, 0.15) is 0 Å². The minimum atomic E-state index is 0.491. The molecule has 0 bridgehead atoms. The summed E-state index contributed by atoms with van der Waals surface area (Å²) >= 11 is 0. The zero-order chi connectivity index (χ0) is 14.5. The maximum Gasteiger partial charge on any atom is 0.278 e. The second-order valence-corrected chi connectivity index (χ2v) is 5.26. The Bertz CT molecular complexity index is 597. The number of para-hydroxylation sites is 2. The van der Waals surface area contributed by atoms with E-state index in [0.717, 1.165) is 37.0 Å². The highest BCUT2D eigenvalue weighted by atomic mass is 16.5. The summed E-state index contributed by atoms with van der Waals surface area (Å²) in [6.45, 7) is 5.30. The van der Waals surface area contributed by atoms with Crippen molar-refractivity contribution >= 4 is 11.0 Å². The van der Waals surface area contributed by atoms with Gasteiger partial charge in [0, 0.05) is 0 Å². The maximum atomic E-state index is 5.91. The molecule has 0 spiro atoms. The summed E-state index contributed by atoms with van der Waals surface area (Å²) in [5, 5.41) is 3.36. The first kappa shape index (κ1) is 14.1. The number of aromatic nitrogens is 2. The quantitative estimate of drug-likeness (QED) is 0.915. The average molecular weight is 287 g/mol. The molecule has 0 aliphatic carbocycles. The van der Waals surface area contributed by atoms with E-state index in [9.17, 15) is 0 Å². The fourth-order valence-electron chi connectivity index (χ4n) is 2.54. The van der Waals surface area contributed by atoms with Gasteiger partial charge in [-0.1, -0.05) is 12.1 Å². The highest BCUT2D eigenvalue weighted by Crippen LogP contribution is 2.26. The van der Waals surface area contributed by atoms with Gasteiger partial charge in [-0.2, -0.15) is 0 Å². The summed E-state index contributed by atoms with van der Waals surface area (Å²) in [5.41, 5.74) is 1.66.